The number of hydrogen-bond acceptors (Lipinski definition) is 2. The summed E-state index contributed by atoms with van der Waals surface area (Å²) in [5, 5.41) is 3.59. The third kappa shape index (κ3) is 3.82. The van der Waals surface area contributed by atoms with E-state index in [-0.39, 0.29) is 0 Å². The molecule has 0 aromatic heterocycles. The molecule has 1 saturated heterocycles. The lowest BCUT2D eigenvalue weighted by molar-refractivity contribution is -0.129. The molecule has 1 heterocycles. The summed E-state index contributed by atoms with van der Waals surface area (Å²) in [5.74, 6) is 0.294. The Labute approximate surface area is 93.2 Å². The number of hydrogen-bond donors (Lipinski definition) is 1. The van der Waals surface area contributed by atoms with Crippen LogP contribution >= 0.6 is 0 Å². The Morgan fingerprint density at radius 3 is 2.87 bits per heavy atom. The molecule has 2 unspecified atom stereocenters. The molecule has 1 amide bonds. The summed E-state index contributed by atoms with van der Waals surface area (Å²) in [5.41, 5.74) is 0. The third-order valence-corrected chi connectivity index (χ3v) is 3.09. The molecule has 3 heteroatoms. The molecule has 1 fully saturated rings. The molecule has 1 aliphatic rings. The number of nitrogens with one attached hydrogen (secondary N) is 1. The van der Waals surface area contributed by atoms with E-state index in [0.717, 1.165) is 19.5 Å². The summed E-state index contributed by atoms with van der Waals surface area (Å²) in [7, 11) is 0. The summed E-state index contributed by atoms with van der Waals surface area (Å²) in [6.45, 7) is 8.21. The Morgan fingerprint density at radius 1 is 1.53 bits per heavy atom. The van der Waals surface area contributed by atoms with Gasteiger partial charge in [0.2, 0.25) is 5.91 Å². The first-order chi connectivity index (χ1) is 7.17. The highest BCUT2D eigenvalue weighted by Crippen LogP contribution is 2.11. The van der Waals surface area contributed by atoms with Crippen LogP contribution in [0.25, 0.3) is 0 Å². The predicted octanol–water partition coefficient (Wildman–Crippen LogP) is 1.78. The van der Waals surface area contributed by atoms with Crippen molar-refractivity contribution in [2.24, 2.45) is 0 Å². The first-order valence-corrected chi connectivity index (χ1v) is 6.21. The van der Waals surface area contributed by atoms with Gasteiger partial charge in [-0.3, -0.25) is 4.79 Å². The normalized spacial score (nSPS) is 23.1. The van der Waals surface area contributed by atoms with Crippen molar-refractivity contribution in [3.8, 4) is 0 Å². The number of likely N-dealkylation sites (tertiary alicyclic amines) is 1. The van der Waals surface area contributed by atoms with E-state index in [1.807, 2.05) is 11.8 Å². The van der Waals surface area contributed by atoms with Gasteiger partial charge in [0.05, 0.1) is 0 Å². The molecule has 0 aromatic rings. The highest BCUT2D eigenvalue weighted by Gasteiger charge is 2.25. The summed E-state index contributed by atoms with van der Waals surface area (Å²) in [6, 6.07) is 1.10. The third-order valence-electron chi connectivity index (χ3n) is 3.09. The van der Waals surface area contributed by atoms with E-state index in [9.17, 15) is 4.79 Å². The Morgan fingerprint density at radius 2 is 2.27 bits per heavy atom. The van der Waals surface area contributed by atoms with Gasteiger partial charge in [0.25, 0.3) is 0 Å². The van der Waals surface area contributed by atoms with Crippen LogP contribution in [0, 0.1) is 0 Å². The zero-order chi connectivity index (χ0) is 11.3. The second-order valence-electron chi connectivity index (χ2n) is 4.54. The van der Waals surface area contributed by atoms with E-state index in [0.29, 0.717) is 24.4 Å². The van der Waals surface area contributed by atoms with E-state index in [2.05, 4.69) is 19.2 Å². The molecule has 15 heavy (non-hydrogen) atoms. The minimum atomic E-state index is 0.294. The van der Waals surface area contributed by atoms with Crippen molar-refractivity contribution in [3.63, 3.8) is 0 Å². The van der Waals surface area contributed by atoms with Gasteiger partial charge in [0, 0.05) is 31.6 Å². The van der Waals surface area contributed by atoms with Crippen LogP contribution < -0.4 is 5.32 Å². The van der Waals surface area contributed by atoms with E-state index < -0.39 is 0 Å². The minimum Gasteiger partial charge on any atom is -0.341 e. The number of carbonyl (C=O) groups excluding carboxylic acids is 1. The Balaban J connectivity index is 2.27. The van der Waals surface area contributed by atoms with Crippen LogP contribution in [0.1, 0.15) is 46.5 Å². The molecule has 0 radical (unpaired) electrons. The smallest absolute Gasteiger partial charge is 0.222 e. The molecule has 0 aromatic carbocycles. The van der Waals surface area contributed by atoms with Crippen LogP contribution in [-0.4, -0.2) is 36.0 Å². The highest BCUT2D eigenvalue weighted by molar-refractivity contribution is 5.76. The topological polar surface area (TPSA) is 32.3 Å². The maximum absolute atomic E-state index is 11.5. The fourth-order valence-corrected chi connectivity index (χ4v) is 2.27. The van der Waals surface area contributed by atoms with Gasteiger partial charge in [-0.15, -0.1) is 0 Å². The zero-order valence-electron chi connectivity index (χ0n) is 10.3. The first kappa shape index (κ1) is 12.5. The molecule has 88 valence electrons. The molecule has 0 spiro atoms. The quantitative estimate of drug-likeness (QED) is 0.753. The molecule has 0 aliphatic carbocycles. The molecule has 1 N–H and O–H groups in total. The molecule has 2 atom stereocenters. The lowest BCUT2D eigenvalue weighted by Crippen LogP contribution is -2.39. The van der Waals surface area contributed by atoms with Crippen molar-refractivity contribution >= 4 is 5.91 Å². The zero-order valence-corrected chi connectivity index (χ0v) is 10.3. The van der Waals surface area contributed by atoms with Crippen LogP contribution in [0.5, 0.6) is 0 Å². The number of nitrogens with zero attached hydrogens (tertiary/aromatic N) is 1. The molecule has 0 bridgehead atoms. The van der Waals surface area contributed by atoms with E-state index in [1.54, 1.807) is 0 Å². The largest absolute Gasteiger partial charge is 0.341 e. The van der Waals surface area contributed by atoms with E-state index in [1.165, 1.54) is 12.8 Å². The van der Waals surface area contributed by atoms with Crippen molar-refractivity contribution in [2.45, 2.75) is 58.5 Å². The van der Waals surface area contributed by atoms with E-state index >= 15 is 0 Å². The van der Waals surface area contributed by atoms with Crippen molar-refractivity contribution in [1.82, 2.24) is 10.2 Å². The lowest BCUT2D eigenvalue weighted by Gasteiger charge is -2.20. The highest BCUT2D eigenvalue weighted by atomic mass is 16.2. The molecule has 0 saturated carbocycles. The maximum atomic E-state index is 11.5. The van der Waals surface area contributed by atoms with Gasteiger partial charge in [0.15, 0.2) is 0 Å². The summed E-state index contributed by atoms with van der Waals surface area (Å²) < 4.78 is 0. The molecular formula is C12H24N2O. The molecular weight excluding hydrogens is 188 g/mol. The number of rotatable bonds is 5. The van der Waals surface area contributed by atoms with Gasteiger partial charge >= 0.3 is 0 Å². The van der Waals surface area contributed by atoms with Crippen molar-refractivity contribution in [1.29, 1.82) is 0 Å². The second-order valence-corrected chi connectivity index (χ2v) is 4.54. The van der Waals surface area contributed by atoms with Crippen LogP contribution in [0.3, 0.4) is 0 Å². The first-order valence-electron chi connectivity index (χ1n) is 6.21. The van der Waals surface area contributed by atoms with Crippen LogP contribution in [0.2, 0.25) is 0 Å². The fraction of sp³-hybridized carbons (Fsp3) is 0.917. The SMILES string of the molecule is CCCC(C)NC1CCN(C(=O)CC)C1. The van der Waals surface area contributed by atoms with Gasteiger partial charge in [0.1, 0.15) is 0 Å². The summed E-state index contributed by atoms with van der Waals surface area (Å²) in [6.07, 6.45) is 4.19. The van der Waals surface area contributed by atoms with Crippen molar-refractivity contribution in [2.75, 3.05) is 13.1 Å². The number of carbonyl (C=O) groups is 1. The van der Waals surface area contributed by atoms with Crippen LogP contribution in [0.15, 0.2) is 0 Å². The molecule has 3 nitrogen and oxygen atoms in total. The summed E-state index contributed by atoms with van der Waals surface area (Å²) in [4.78, 5) is 13.5. The van der Waals surface area contributed by atoms with Gasteiger partial charge in [-0.05, 0) is 19.8 Å². The monoisotopic (exact) mass is 212 g/mol. The average molecular weight is 212 g/mol. The second kappa shape index (κ2) is 6.11. The minimum absolute atomic E-state index is 0.294. The van der Waals surface area contributed by atoms with Crippen LogP contribution in [0.4, 0.5) is 0 Å². The van der Waals surface area contributed by atoms with Crippen LogP contribution in [-0.2, 0) is 4.79 Å². The fourth-order valence-electron chi connectivity index (χ4n) is 2.27. The van der Waals surface area contributed by atoms with Gasteiger partial charge in [-0.1, -0.05) is 20.3 Å². The molecule has 1 aliphatic heterocycles. The van der Waals surface area contributed by atoms with Crippen molar-refractivity contribution in [3.05, 3.63) is 0 Å². The maximum Gasteiger partial charge on any atom is 0.222 e. The Kier molecular flexibility index (Phi) is 5.09. The standard InChI is InChI=1S/C12H24N2O/c1-4-6-10(3)13-11-7-8-14(9-11)12(15)5-2/h10-11,13H,4-9H2,1-3H3. The van der Waals surface area contributed by atoms with Gasteiger partial charge in [-0.25, -0.2) is 0 Å². The lowest BCUT2D eigenvalue weighted by atomic mass is 10.1. The predicted molar refractivity (Wildman–Crippen MR) is 62.8 cm³/mol. The van der Waals surface area contributed by atoms with Gasteiger partial charge < -0.3 is 10.2 Å². The average Bonchev–Trinajstić information content (AvgIpc) is 2.65. The molecule has 1 rings (SSSR count). The Bertz CT molecular complexity index is 206. The Hall–Kier alpha value is -0.570. The van der Waals surface area contributed by atoms with Gasteiger partial charge in [-0.2, -0.15) is 0 Å². The van der Waals surface area contributed by atoms with Crippen molar-refractivity contribution < 1.29 is 4.79 Å². The summed E-state index contributed by atoms with van der Waals surface area (Å²) >= 11 is 0. The van der Waals surface area contributed by atoms with E-state index in [4.69, 9.17) is 0 Å². The number of amides is 1.